The summed E-state index contributed by atoms with van der Waals surface area (Å²) in [6.07, 6.45) is 1.88. The van der Waals surface area contributed by atoms with Crippen molar-refractivity contribution in [2.24, 2.45) is 5.73 Å². The topological polar surface area (TPSA) is 60.2 Å². The number of anilines is 1. The highest BCUT2D eigenvalue weighted by atomic mass is 16.5. The maximum absolute atomic E-state index is 5.62. The zero-order valence-corrected chi connectivity index (χ0v) is 9.53. The second-order valence-corrected chi connectivity index (χ2v) is 3.80. The normalized spacial score (nSPS) is 12.6. The fourth-order valence-corrected chi connectivity index (χ4v) is 1.14. The summed E-state index contributed by atoms with van der Waals surface area (Å²) < 4.78 is 5.62. The van der Waals surface area contributed by atoms with Crippen molar-refractivity contribution in [3.8, 4) is 5.75 Å². The lowest BCUT2D eigenvalue weighted by atomic mass is 10.3. The first kappa shape index (κ1) is 11.8. The zero-order valence-electron chi connectivity index (χ0n) is 9.53. The fourth-order valence-electron chi connectivity index (χ4n) is 1.14. The molecule has 1 aromatic heterocycles. The van der Waals surface area contributed by atoms with Gasteiger partial charge in [-0.1, -0.05) is 0 Å². The van der Waals surface area contributed by atoms with Crippen molar-refractivity contribution in [3.05, 3.63) is 18.3 Å². The highest BCUT2D eigenvalue weighted by Gasteiger charge is 2.08. The van der Waals surface area contributed by atoms with Gasteiger partial charge in [-0.15, -0.1) is 0 Å². The molecule has 0 spiro atoms. The summed E-state index contributed by atoms with van der Waals surface area (Å²) in [4.78, 5) is 4.23. The highest BCUT2D eigenvalue weighted by Crippen LogP contribution is 2.22. The van der Waals surface area contributed by atoms with Crippen LogP contribution in [-0.2, 0) is 0 Å². The van der Waals surface area contributed by atoms with E-state index in [9.17, 15) is 0 Å². The molecule has 1 atom stereocenters. The standard InChI is InChI=1S/C11H19N3O/c1-8(2)15-10-5-4-6-13-11(10)14-9(3)7-12/h4-6,8-9H,7,12H2,1-3H3,(H,13,14). The first-order valence-corrected chi connectivity index (χ1v) is 5.21. The lowest BCUT2D eigenvalue weighted by molar-refractivity contribution is 0.242. The van der Waals surface area contributed by atoms with Gasteiger partial charge in [0.15, 0.2) is 11.6 Å². The maximum Gasteiger partial charge on any atom is 0.169 e. The Bertz CT molecular complexity index is 302. The van der Waals surface area contributed by atoms with Crippen LogP contribution < -0.4 is 15.8 Å². The Morgan fingerprint density at radius 1 is 1.47 bits per heavy atom. The van der Waals surface area contributed by atoms with E-state index < -0.39 is 0 Å². The van der Waals surface area contributed by atoms with E-state index in [4.69, 9.17) is 10.5 Å². The van der Waals surface area contributed by atoms with Crippen LogP contribution in [0, 0.1) is 0 Å². The fraction of sp³-hybridized carbons (Fsp3) is 0.545. The van der Waals surface area contributed by atoms with Gasteiger partial charge in [-0.05, 0) is 32.9 Å². The first-order valence-electron chi connectivity index (χ1n) is 5.21. The van der Waals surface area contributed by atoms with E-state index >= 15 is 0 Å². The first-order chi connectivity index (χ1) is 7.13. The van der Waals surface area contributed by atoms with Crippen molar-refractivity contribution >= 4 is 5.82 Å². The molecule has 1 unspecified atom stereocenters. The number of hydrogen-bond acceptors (Lipinski definition) is 4. The van der Waals surface area contributed by atoms with Crippen LogP contribution in [0.15, 0.2) is 18.3 Å². The molecule has 0 radical (unpaired) electrons. The lowest BCUT2D eigenvalue weighted by Crippen LogP contribution is -2.26. The van der Waals surface area contributed by atoms with Crippen LogP contribution >= 0.6 is 0 Å². The maximum atomic E-state index is 5.62. The van der Waals surface area contributed by atoms with E-state index in [0.717, 1.165) is 11.6 Å². The van der Waals surface area contributed by atoms with Gasteiger partial charge in [-0.2, -0.15) is 0 Å². The van der Waals surface area contributed by atoms with E-state index in [1.807, 2.05) is 32.9 Å². The Morgan fingerprint density at radius 2 is 2.20 bits per heavy atom. The molecule has 0 saturated carbocycles. The summed E-state index contributed by atoms with van der Waals surface area (Å²) in [5.41, 5.74) is 5.54. The summed E-state index contributed by atoms with van der Waals surface area (Å²) in [5.74, 6) is 1.52. The molecule has 84 valence electrons. The van der Waals surface area contributed by atoms with Gasteiger partial charge in [0, 0.05) is 18.8 Å². The van der Waals surface area contributed by atoms with Gasteiger partial charge in [0.2, 0.25) is 0 Å². The molecule has 1 rings (SSSR count). The molecule has 0 aliphatic carbocycles. The number of nitrogens with two attached hydrogens (primary N) is 1. The molecule has 1 aromatic rings. The van der Waals surface area contributed by atoms with Crippen molar-refractivity contribution in [2.45, 2.75) is 32.9 Å². The Kier molecular flexibility index (Phi) is 4.37. The zero-order chi connectivity index (χ0) is 11.3. The van der Waals surface area contributed by atoms with E-state index in [1.165, 1.54) is 0 Å². The predicted octanol–water partition coefficient (Wildman–Crippen LogP) is 1.63. The van der Waals surface area contributed by atoms with Crippen molar-refractivity contribution in [1.82, 2.24) is 4.98 Å². The van der Waals surface area contributed by atoms with Gasteiger partial charge in [0.25, 0.3) is 0 Å². The van der Waals surface area contributed by atoms with Gasteiger partial charge in [0.05, 0.1) is 6.10 Å². The number of nitrogens with zero attached hydrogens (tertiary/aromatic N) is 1. The Hall–Kier alpha value is -1.29. The van der Waals surface area contributed by atoms with Crippen LogP contribution in [0.2, 0.25) is 0 Å². The molecular formula is C11H19N3O. The molecule has 4 nitrogen and oxygen atoms in total. The molecule has 15 heavy (non-hydrogen) atoms. The molecule has 0 bridgehead atoms. The SMILES string of the molecule is CC(CN)Nc1ncccc1OC(C)C. The Balaban J connectivity index is 2.76. The average Bonchev–Trinajstić information content (AvgIpc) is 2.20. The van der Waals surface area contributed by atoms with Crippen LogP contribution in [0.4, 0.5) is 5.82 Å². The van der Waals surface area contributed by atoms with E-state index in [2.05, 4.69) is 10.3 Å². The monoisotopic (exact) mass is 209 g/mol. The lowest BCUT2D eigenvalue weighted by Gasteiger charge is -2.17. The van der Waals surface area contributed by atoms with Crippen LogP contribution in [0.25, 0.3) is 0 Å². The van der Waals surface area contributed by atoms with E-state index in [-0.39, 0.29) is 12.1 Å². The molecule has 0 aliphatic heterocycles. The van der Waals surface area contributed by atoms with Gasteiger partial charge >= 0.3 is 0 Å². The van der Waals surface area contributed by atoms with Gasteiger partial charge in [-0.25, -0.2) is 4.98 Å². The number of ether oxygens (including phenoxy) is 1. The molecule has 4 heteroatoms. The number of aromatic nitrogens is 1. The minimum atomic E-state index is 0.142. The summed E-state index contributed by atoms with van der Waals surface area (Å²) in [6, 6.07) is 3.95. The Morgan fingerprint density at radius 3 is 2.80 bits per heavy atom. The summed E-state index contributed by atoms with van der Waals surface area (Å²) in [6.45, 7) is 6.55. The number of rotatable bonds is 5. The third-order valence-corrected chi connectivity index (χ3v) is 1.87. The molecule has 0 fully saturated rings. The van der Waals surface area contributed by atoms with Crippen molar-refractivity contribution in [3.63, 3.8) is 0 Å². The number of hydrogen-bond donors (Lipinski definition) is 2. The third kappa shape index (κ3) is 3.75. The molecule has 1 heterocycles. The summed E-state index contributed by atoms with van der Waals surface area (Å²) in [5, 5.41) is 3.20. The van der Waals surface area contributed by atoms with Crippen LogP contribution in [0.3, 0.4) is 0 Å². The average molecular weight is 209 g/mol. The van der Waals surface area contributed by atoms with Crippen LogP contribution in [0.5, 0.6) is 5.75 Å². The molecular weight excluding hydrogens is 190 g/mol. The number of nitrogens with one attached hydrogen (secondary N) is 1. The minimum absolute atomic E-state index is 0.142. The highest BCUT2D eigenvalue weighted by molar-refractivity contribution is 5.50. The molecule has 0 aromatic carbocycles. The largest absolute Gasteiger partial charge is 0.487 e. The molecule has 3 N–H and O–H groups in total. The van der Waals surface area contributed by atoms with Crippen molar-refractivity contribution < 1.29 is 4.74 Å². The van der Waals surface area contributed by atoms with E-state index in [0.29, 0.717) is 6.54 Å². The summed E-state index contributed by atoms with van der Waals surface area (Å²) in [7, 11) is 0. The van der Waals surface area contributed by atoms with Crippen molar-refractivity contribution in [2.75, 3.05) is 11.9 Å². The quantitative estimate of drug-likeness (QED) is 0.773. The minimum Gasteiger partial charge on any atom is -0.487 e. The van der Waals surface area contributed by atoms with Gasteiger partial charge < -0.3 is 15.8 Å². The molecule has 0 amide bonds. The summed E-state index contributed by atoms with van der Waals surface area (Å²) >= 11 is 0. The van der Waals surface area contributed by atoms with Gasteiger partial charge in [-0.3, -0.25) is 0 Å². The third-order valence-electron chi connectivity index (χ3n) is 1.87. The number of pyridine rings is 1. The van der Waals surface area contributed by atoms with Gasteiger partial charge in [0.1, 0.15) is 0 Å². The smallest absolute Gasteiger partial charge is 0.169 e. The van der Waals surface area contributed by atoms with Crippen LogP contribution in [-0.4, -0.2) is 23.7 Å². The second-order valence-electron chi connectivity index (χ2n) is 3.80. The van der Waals surface area contributed by atoms with Crippen LogP contribution in [0.1, 0.15) is 20.8 Å². The second kappa shape index (κ2) is 5.56. The predicted molar refractivity (Wildman–Crippen MR) is 62.1 cm³/mol. The molecule has 0 aliphatic rings. The Labute approximate surface area is 90.8 Å². The molecule has 0 saturated heterocycles. The van der Waals surface area contributed by atoms with E-state index in [1.54, 1.807) is 6.20 Å². The van der Waals surface area contributed by atoms with Crippen molar-refractivity contribution in [1.29, 1.82) is 0 Å².